The lowest BCUT2D eigenvalue weighted by atomic mass is 10.1. The number of benzene rings is 1. The van der Waals surface area contributed by atoms with E-state index in [4.69, 9.17) is 9.72 Å². The van der Waals surface area contributed by atoms with E-state index in [0.717, 1.165) is 74.8 Å². The van der Waals surface area contributed by atoms with Crippen molar-refractivity contribution in [2.24, 2.45) is 0 Å². The van der Waals surface area contributed by atoms with E-state index in [-0.39, 0.29) is 12.2 Å². The molecule has 0 spiro atoms. The summed E-state index contributed by atoms with van der Waals surface area (Å²) in [5, 5.41) is 14.0. The molecule has 3 aliphatic rings. The Balaban J connectivity index is 1.11. The third-order valence-corrected chi connectivity index (χ3v) is 7.73. The quantitative estimate of drug-likeness (QED) is 0.607. The van der Waals surface area contributed by atoms with E-state index in [1.807, 2.05) is 12.1 Å². The molecule has 3 atom stereocenters. The topological polar surface area (TPSA) is 80.6 Å². The smallest absolute Gasteiger partial charge is 0.128 e. The summed E-state index contributed by atoms with van der Waals surface area (Å²) in [7, 11) is 0. The molecule has 1 aromatic carbocycles. The average Bonchev–Trinajstić information content (AvgIpc) is 3.28. The van der Waals surface area contributed by atoms with Crippen LogP contribution in [0.3, 0.4) is 0 Å². The Morgan fingerprint density at radius 1 is 1.06 bits per heavy atom. The van der Waals surface area contributed by atoms with Gasteiger partial charge in [-0.15, -0.1) is 0 Å². The van der Waals surface area contributed by atoms with Gasteiger partial charge in [0.05, 0.1) is 29.0 Å². The number of aromatic nitrogens is 2. The molecule has 36 heavy (non-hydrogen) atoms. The summed E-state index contributed by atoms with van der Waals surface area (Å²) < 4.78 is 6.39. The molecule has 0 aliphatic carbocycles. The molecule has 2 fully saturated rings. The van der Waals surface area contributed by atoms with Crippen molar-refractivity contribution < 1.29 is 4.74 Å². The third-order valence-electron chi connectivity index (χ3n) is 7.73. The fourth-order valence-corrected chi connectivity index (χ4v) is 5.89. The van der Waals surface area contributed by atoms with Gasteiger partial charge in [0.1, 0.15) is 11.9 Å². The molecule has 3 aromatic rings. The molecule has 0 bridgehead atoms. The Kier molecular flexibility index (Phi) is 6.22. The van der Waals surface area contributed by atoms with Crippen LogP contribution in [0, 0.1) is 11.3 Å². The van der Waals surface area contributed by atoms with Gasteiger partial charge < -0.3 is 19.9 Å². The van der Waals surface area contributed by atoms with Crippen molar-refractivity contribution >= 4 is 22.4 Å². The highest BCUT2D eigenvalue weighted by molar-refractivity contribution is 5.95. The Labute approximate surface area is 212 Å². The normalized spacial score (nSPS) is 24.6. The molecule has 2 aromatic heterocycles. The van der Waals surface area contributed by atoms with Crippen LogP contribution >= 0.6 is 0 Å². The number of nitrogens with zero attached hydrogens (tertiary/aromatic N) is 6. The number of hydrogen-bond acceptors (Lipinski definition) is 8. The van der Waals surface area contributed by atoms with Gasteiger partial charge in [-0.25, -0.2) is 4.98 Å². The second-order valence-corrected chi connectivity index (χ2v) is 10.2. The number of fused-ring (bicyclic) bond motifs is 2. The van der Waals surface area contributed by atoms with Gasteiger partial charge in [-0.05, 0) is 49.7 Å². The van der Waals surface area contributed by atoms with Gasteiger partial charge >= 0.3 is 0 Å². The molecule has 2 saturated heterocycles. The maximum absolute atomic E-state index is 9.51. The van der Waals surface area contributed by atoms with Crippen molar-refractivity contribution in [1.29, 1.82) is 5.26 Å². The van der Waals surface area contributed by atoms with E-state index in [1.165, 1.54) is 11.3 Å². The van der Waals surface area contributed by atoms with Gasteiger partial charge in [0.2, 0.25) is 0 Å². The van der Waals surface area contributed by atoms with Crippen molar-refractivity contribution in [3.63, 3.8) is 0 Å². The van der Waals surface area contributed by atoms with Crippen molar-refractivity contribution in [2.75, 3.05) is 55.6 Å². The molecule has 6 rings (SSSR count). The number of nitriles is 1. The predicted octanol–water partition coefficient (Wildman–Crippen LogP) is 3.08. The molecule has 186 valence electrons. The predicted molar refractivity (Wildman–Crippen MR) is 141 cm³/mol. The van der Waals surface area contributed by atoms with Crippen LogP contribution in [0.1, 0.15) is 36.7 Å². The molecule has 3 aliphatic heterocycles. The van der Waals surface area contributed by atoms with Gasteiger partial charge in [-0.3, -0.25) is 9.88 Å². The molecule has 0 unspecified atom stereocenters. The SMILES string of the molecule is C[C@@H]1CN(c2ccc(C#N)c3ncccc23)C[C@H](CN2CCN(c3ccc4c(n3)CN[C@H]4C)CC2)O1. The Morgan fingerprint density at radius 3 is 2.75 bits per heavy atom. The molecule has 8 nitrogen and oxygen atoms in total. The zero-order chi connectivity index (χ0) is 24.6. The fraction of sp³-hybridized carbons (Fsp3) is 0.464. The van der Waals surface area contributed by atoms with Gasteiger partial charge in [0.15, 0.2) is 0 Å². The van der Waals surface area contributed by atoms with Crippen LogP contribution in [0.5, 0.6) is 0 Å². The van der Waals surface area contributed by atoms with Crippen LogP contribution in [0.2, 0.25) is 0 Å². The lowest BCUT2D eigenvalue weighted by Crippen LogP contribution is -2.54. The molecular weight excluding hydrogens is 450 g/mol. The summed E-state index contributed by atoms with van der Waals surface area (Å²) in [4.78, 5) is 16.8. The highest BCUT2D eigenvalue weighted by Gasteiger charge is 2.30. The summed E-state index contributed by atoms with van der Waals surface area (Å²) in [6, 6.07) is 15.1. The Hall–Kier alpha value is -3.25. The molecule has 1 N–H and O–H groups in total. The molecule has 0 radical (unpaired) electrons. The van der Waals surface area contributed by atoms with Crippen LogP contribution < -0.4 is 15.1 Å². The van der Waals surface area contributed by atoms with Crippen LogP contribution in [-0.4, -0.2) is 72.9 Å². The summed E-state index contributed by atoms with van der Waals surface area (Å²) in [5.74, 6) is 1.10. The summed E-state index contributed by atoms with van der Waals surface area (Å²) in [6.45, 7) is 11.8. The number of ether oxygens (including phenoxy) is 1. The Bertz CT molecular complexity index is 1300. The minimum atomic E-state index is 0.133. The first-order chi connectivity index (χ1) is 17.6. The summed E-state index contributed by atoms with van der Waals surface area (Å²) in [5.41, 5.74) is 5.05. The Morgan fingerprint density at radius 2 is 1.92 bits per heavy atom. The van der Waals surface area contributed by atoms with Crippen LogP contribution in [0.15, 0.2) is 42.6 Å². The van der Waals surface area contributed by atoms with Crippen molar-refractivity contribution in [3.05, 3.63) is 59.4 Å². The molecular formula is C28H33N7O. The lowest BCUT2D eigenvalue weighted by Gasteiger charge is -2.42. The van der Waals surface area contributed by atoms with E-state index in [9.17, 15) is 5.26 Å². The number of anilines is 2. The highest BCUT2D eigenvalue weighted by atomic mass is 16.5. The van der Waals surface area contributed by atoms with Crippen molar-refractivity contribution in [1.82, 2.24) is 20.2 Å². The number of pyridine rings is 2. The number of morpholine rings is 1. The van der Waals surface area contributed by atoms with E-state index in [2.05, 4.69) is 69.2 Å². The first kappa shape index (κ1) is 23.2. The van der Waals surface area contributed by atoms with Gasteiger partial charge in [-0.2, -0.15) is 5.26 Å². The van der Waals surface area contributed by atoms with Crippen LogP contribution in [0.25, 0.3) is 10.9 Å². The van der Waals surface area contributed by atoms with E-state index in [1.54, 1.807) is 6.20 Å². The second kappa shape index (κ2) is 9.66. The largest absolute Gasteiger partial charge is 0.370 e. The zero-order valence-electron chi connectivity index (χ0n) is 21.0. The first-order valence-corrected chi connectivity index (χ1v) is 13.0. The van der Waals surface area contributed by atoms with Gasteiger partial charge in [0, 0.05) is 75.7 Å². The maximum atomic E-state index is 9.51. The third kappa shape index (κ3) is 4.39. The molecule has 5 heterocycles. The van der Waals surface area contributed by atoms with E-state index >= 15 is 0 Å². The minimum absolute atomic E-state index is 0.133. The fourth-order valence-electron chi connectivity index (χ4n) is 5.89. The molecule has 0 amide bonds. The second-order valence-electron chi connectivity index (χ2n) is 10.2. The monoisotopic (exact) mass is 483 g/mol. The number of hydrogen-bond donors (Lipinski definition) is 1. The van der Waals surface area contributed by atoms with Gasteiger partial charge in [0.25, 0.3) is 0 Å². The highest BCUT2D eigenvalue weighted by Crippen LogP contribution is 2.31. The van der Waals surface area contributed by atoms with Crippen LogP contribution in [0.4, 0.5) is 11.5 Å². The zero-order valence-corrected chi connectivity index (χ0v) is 21.0. The van der Waals surface area contributed by atoms with E-state index in [0.29, 0.717) is 11.6 Å². The molecule has 0 saturated carbocycles. The first-order valence-electron chi connectivity index (χ1n) is 13.0. The minimum Gasteiger partial charge on any atom is -0.370 e. The summed E-state index contributed by atoms with van der Waals surface area (Å²) >= 11 is 0. The number of piperazine rings is 1. The summed E-state index contributed by atoms with van der Waals surface area (Å²) in [6.07, 6.45) is 2.03. The van der Waals surface area contributed by atoms with Crippen LogP contribution in [-0.2, 0) is 11.3 Å². The average molecular weight is 484 g/mol. The standard InChI is InChI=1S/C28H33N7O/c1-19-16-35(26-7-5-21(14-29)28-24(26)4-3-9-30-28)18-22(36-19)17-33-10-12-34(13-11-33)27-8-6-23-20(2)31-15-25(23)32-27/h3-9,19-20,22,31H,10-13,15-18H2,1-2H3/t19-,20+,22+/m1/s1. The number of rotatable bonds is 4. The molecule has 8 heteroatoms. The lowest BCUT2D eigenvalue weighted by molar-refractivity contribution is -0.0327. The van der Waals surface area contributed by atoms with E-state index < -0.39 is 0 Å². The number of nitrogens with one attached hydrogen (secondary N) is 1. The van der Waals surface area contributed by atoms with Crippen molar-refractivity contribution in [2.45, 2.75) is 38.6 Å². The van der Waals surface area contributed by atoms with Crippen molar-refractivity contribution in [3.8, 4) is 6.07 Å². The van der Waals surface area contributed by atoms with Gasteiger partial charge in [-0.1, -0.05) is 6.07 Å². The maximum Gasteiger partial charge on any atom is 0.128 e.